The normalized spacial score (nSPS) is 18.2. The van der Waals surface area contributed by atoms with Gasteiger partial charge in [-0.05, 0) is 24.0 Å². The Morgan fingerprint density at radius 3 is 1.94 bits per heavy atom. The van der Waals surface area contributed by atoms with Crippen LogP contribution in [-0.4, -0.2) is 21.8 Å². The first-order valence-corrected chi connectivity index (χ1v) is 5.44. The van der Waals surface area contributed by atoms with Crippen LogP contribution in [0.5, 0.6) is 0 Å². The van der Waals surface area contributed by atoms with Gasteiger partial charge in [0.1, 0.15) is 5.60 Å². The van der Waals surface area contributed by atoms with Crippen molar-refractivity contribution in [3.63, 3.8) is 0 Å². The average Bonchev–Trinajstić information content (AvgIpc) is 2.98. The van der Waals surface area contributed by atoms with Gasteiger partial charge in [-0.25, -0.2) is 4.79 Å². The van der Waals surface area contributed by atoms with Crippen LogP contribution in [-0.2, 0) is 4.79 Å². The Morgan fingerprint density at radius 2 is 1.65 bits per heavy atom. The Hall–Kier alpha value is -1.87. The predicted octanol–water partition coefficient (Wildman–Crippen LogP) is 2.13. The second-order valence-electron chi connectivity index (χ2n) is 4.14. The summed E-state index contributed by atoms with van der Waals surface area (Å²) in [5.41, 5.74) is -0.416. The molecule has 3 nitrogen and oxygen atoms in total. The standard InChI is InChI=1S/C14H14O3/c1-10(13(15)16)14(17,11-6-2-3-7-11)12-8-4-5-9-12/h2-6,8,17H,1,7,9H2,(H,15,16). The summed E-state index contributed by atoms with van der Waals surface area (Å²) in [6.07, 6.45) is 12.0. The van der Waals surface area contributed by atoms with Gasteiger partial charge < -0.3 is 10.2 Å². The number of carbonyl (C=O) groups is 1. The minimum atomic E-state index is -1.56. The van der Waals surface area contributed by atoms with Crippen LogP contribution >= 0.6 is 0 Å². The smallest absolute Gasteiger partial charge is 0.334 e. The van der Waals surface area contributed by atoms with E-state index >= 15 is 0 Å². The van der Waals surface area contributed by atoms with Gasteiger partial charge in [0.25, 0.3) is 0 Å². The number of aliphatic carboxylic acids is 1. The van der Waals surface area contributed by atoms with Crippen LogP contribution in [0.4, 0.5) is 0 Å². The Kier molecular flexibility index (Phi) is 2.86. The van der Waals surface area contributed by atoms with Crippen LogP contribution in [0.25, 0.3) is 0 Å². The fourth-order valence-corrected chi connectivity index (χ4v) is 2.18. The lowest BCUT2D eigenvalue weighted by atomic mass is 9.78. The molecule has 2 rings (SSSR count). The molecule has 2 N–H and O–H groups in total. The maximum absolute atomic E-state index is 11.1. The number of rotatable bonds is 4. The SMILES string of the molecule is C=C(C(=O)O)C(O)(C1=CC=CC1)C1=CC=CC1. The Balaban J connectivity index is 2.42. The van der Waals surface area contributed by atoms with E-state index in [-0.39, 0.29) is 5.57 Å². The summed E-state index contributed by atoms with van der Waals surface area (Å²) in [5.74, 6) is -1.17. The molecule has 0 fully saturated rings. The Morgan fingerprint density at radius 1 is 1.18 bits per heavy atom. The summed E-state index contributed by atoms with van der Waals surface area (Å²) < 4.78 is 0. The van der Waals surface area contributed by atoms with Gasteiger partial charge in [-0.1, -0.05) is 43.0 Å². The van der Waals surface area contributed by atoms with Crippen molar-refractivity contribution in [2.24, 2.45) is 0 Å². The molecule has 0 aliphatic heterocycles. The number of carboxylic acids is 1. The Bertz CT molecular complexity index is 454. The quantitative estimate of drug-likeness (QED) is 0.727. The van der Waals surface area contributed by atoms with Crippen molar-refractivity contribution >= 4 is 5.97 Å². The van der Waals surface area contributed by atoms with Crippen molar-refractivity contribution in [3.05, 3.63) is 59.8 Å². The van der Waals surface area contributed by atoms with E-state index in [9.17, 15) is 9.90 Å². The van der Waals surface area contributed by atoms with E-state index in [0.717, 1.165) is 0 Å². The van der Waals surface area contributed by atoms with Crippen LogP contribution in [0, 0.1) is 0 Å². The highest BCUT2D eigenvalue weighted by Crippen LogP contribution is 2.39. The van der Waals surface area contributed by atoms with Crippen molar-refractivity contribution in [2.45, 2.75) is 18.4 Å². The minimum Gasteiger partial charge on any atom is -0.478 e. The van der Waals surface area contributed by atoms with Gasteiger partial charge in [0.2, 0.25) is 0 Å². The zero-order valence-electron chi connectivity index (χ0n) is 9.39. The fourth-order valence-electron chi connectivity index (χ4n) is 2.18. The van der Waals surface area contributed by atoms with E-state index in [0.29, 0.717) is 24.0 Å². The molecule has 2 aliphatic rings. The maximum Gasteiger partial charge on any atom is 0.334 e. The first kappa shape index (κ1) is 11.6. The fraction of sp³-hybridized carbons (Fsp3) is 0.214. The lowest BCUT2D eigenvalue weighted by molar-refractivity contribution is -0.134. The third-order valence-corrected chi connectivity index (χ3v) is 3.17. The van der Waals surface area contributed by atoms with Gasteiger partial charge in [-0.2, -0.15) is 0 Å². The van der Waals surface area contributed by atoms with Crippen molar-refractivity contribution in [2.75, 3.05) is 0 Å². The number of allylic oxidation sites excluding steroid dienone is 6. The van der Waals surface area contributed by atoms with Crippen LogP contribution in [0.1, 0.15) is 12.8 Å². The highest BCUT2D eigenvalue weighted by molar-refractivity contribution is 5.91. The zero-order chi connectivity index (χ0) is 12.5. The molecule has 88 valence electrons. The molecule has 0 radical (unpaired) electrons. The number of hydrogen-bond donors (Lipinski definition) is 2. The molecule has 0 heterocycles. The summed E-state index contributed by atoms with van der Waals surface area (Å²) >= 11 is 0. The largest absolute Gasteiger partial charge is 0.478 e. The van der Waals surface area contributed by atoms with Crippen molar-refractivity contribution < 1.29 is 15.0 Å². The average molecular weight is 230 g/mol. The van der Waals surface area contributed by atoms with E-state index < -0.39 is 11.6 Å². The van der Waals surface area contributed by atoms with Gasteiger partial charge in [0.15, 0.2) is 0 Å². The third-order valence-electron chi connectivity index (χ3n) is 3.17. The van der Waals surface area contributed by atoms with Gasteiger partial charge >= 0.3 is 5.97 Å². The van der Waals surface area contributed by atoms with Crippen molar-refractivity contribution in [3.8, 4) is 0 Å². The minimum absolute atomic E-state index is 0.192. The van der Waals surface area contributed by atoms with E-state index in [1.54, 1.807) is 12.2 Å². The number of hydrogen-bond acceptors (Lipinski definition) is 2. The summed E-state index contributed by atoms with van der Waals surface area (Å²) in [4.78, 5) is 11.1. The van der Waals surface area contributed by atoms with Crippen molar-refractivity contribution in [1.82, 2.24) is 0 Å². The molecule has 0 atom stereocenters. The monoisotopic (exact) mass is 230 g/mol. The highest BCUT2D eigenvalue weighted by atomic mass is 16.4. The van der Waals surface area contributed by atoms with Gasteiger partial charge in [0, 0.05) is 0 Å². The molecule has 0 aromatic rings. The predicted molar refractivity (Wildman–Crippen MR) is 65.4 cm³/mol. The van der Waals surface area contributed by atoms with Crippen LogP contribution in [0.2, 0.25) is 0 Å². The van der Waals surface area contributed by atoms with Gasteiger partial charge in [-0.15, -0.1) is 0 Å². The van der Waals surface area contributed by atoms with E-state index in [1.165, 1.54) is 0 Å². The van der Waals surface area contributed by atoms with E-state index in [2.05, 4.69) is 6.58 Å². The molecule has 0 aromatic carbocycles. The lowest BCUT2D eigenvalue weighted by Crippen LogP contribution is -2.38. The molecular weight excluding hydrogens is 216 g/mol. The van der Waals surface area contributed by atoms with Crippen LogP contribution < -0.4 is 0 Å². The molecule has 0 saturated carbocycles. The summed E-state index contributed by atoms with van der Waals surface area (Å²) in [6, 6.07) is 0. The molecule has 0 unspecified atom stereocenters. The van der Waals surface area contributed by atoms with Crippen LogP contribution in [0.3, 0.4) is 0 Å². The highest BCUT2D eigenvalue weighted by Gasteiger charge is 2.41. The number of carboxylic acid groups (broad SMARTS) is 1. The molecular formula is C14H14O3. The lowest BCUT2D eigenvalue weighted by Gasteiger charge is -2.31. The molecule has 2 aliphatic carbocycles. The topological polar surface area (TPSA) is 57.5 Å². The zero-order valence-corrected chi connectivity index (χ0v) is 9.39. The molecule has 0 amide bonds. The molecule has 0 spiro atoms. The molecule has 3 heteroatoms. The molecule has 0 bridgehead atoms. The van der Waals surface area contributed by atoms with E-state index in [4.69, 9.17) is 5.11 Å². The Labute approximate surface area is 99.8 Å². The summed E-state index contributed by atoms with van der Waals surface area (Å²) in [5, 5.41) is 19.8. The third kappa shape index (κ3) is 1.78. The number of aliphatic hydroxyl groups is 1. The van der Waals surface area contributed by atoms with Gasteiger partial charge in [-0.3, -0.25) is 0 Å². The van der Waals surface area contributed by atoms with Crippen molar-refractivity contribution in [1.29, 1.82) is 0 Å². The summed E-state index contributed by atoms with van der Waals surface area (Å²) in [6.45, 7) is 3.53. The van der Waals surface area contributed by atoms with E-state index in [1.807, 2.05) is 24.3 Å². The van der Waals surface area contributed by atoms with Crippen LogP contribution in [0.15, 0.2) is 59.8 Å². The molecule has 17 heavy (non-hydrogen) atoms. The first-order valence-electron chi connectivity index (χ1n) is 5.44. The summed E-state index contributed by atoms with van der Waals surface area (Å²) in [7, 11) is 0. The molecule has 0 aromatic heterocycles. The second-order valence-corrected chi connectivity index (χ2v) is 4.14. The second kappa shape index (κ2) is 4.18. The maximum atomic E-state index is 11.1. The molecule has 0 saturated heterocycles. The first-order chi connectivity index (χ1) is 8.06. The van der Waals surface area contributed by atoms with Gasteiger partial charge in [0.05, 0.1) is 5.57 Å².